The molecule has 124 valence electrons. The minimum atomic E-state index is -0.246. The third kappa shape index (κ3) is 4.95. The average Bonchev–Trinajstić information content (AvgIpc) is 3.39. The van der Waals surface area contributed by atoms with E-state index < -0.39 is 0 Å². The fourth-order valence-electron chi connectivity index (χ4n) is 2.10. The maximum atomic E-state index is 12.0. The van der Waals surface area contributed by atoms with Gasteiger partial charge in [0.15, 0.2) is 6.61 Å². The second kappa shape index (κ2) is 7.65. The van der Waals surface area contributed by atoms with E-state index in [-0.39, 0.29) is 18.4 Å². The van der Waals surface area contributed by atoms with Crippen LogP contribution < -0.4 is 15.4 Å². The molecular weight excluding hydrogens is 419 g/mol. The first-order valence-electron chi connectivity index (χ1n) is 7.69. The molecular formula is C18H17IN2O3. The number of halogens is 1. The van der Waals surface area contributed by atoms with Crippen molar-refractivity contribution in [3.05, 3.63) is 57.7 Å². The highest BCUT2D eigenvalue weighted by molar-refractivity contribution is 14.1. The van der Waals surface area contributed by atoms with Crippen LogP contribution in [0.1, 0.15) is 23.2 Å². The number of nitrogens with one attached hydrogen (secondary N) is 2. The zero-order valence-corrected chi connectivity index (χ0v) is 15.1. The number of carbonyl (C=O) groups excluding carboxylic acids is 2. The Bertz CT molecular complexity index is 742. The van der Waals surface area contributed by atoms with E-state index in [0.717, 1.165) is 22.1 Å². The Morgan fingerprint density at radius 2 is 1.88 bits per heavy atom. The van der Waals surface area contributed by atoms with Gasteiger partial charge in [-0.05, 0) is 77.9 Å². The van der Waals surface area contributed by atoms with Crippen LogP contribution in [0.3, 0.4) is 0 Å². The minimum Gasteiger partial charge on any atom is -0.484 e. The standard InChI is InChI=1S/C18H17IN2O3/c19-13-4-6-14(7-5-13)20-17(22)11-24-16-3-1-2-12(10-16)18(23)21-15-8-9-15/h1-7,10,15H,8-9,11H2,(H,20,22)(H,21,23). The van der Waals surface area contributed by atoms with Gasteiger partial charge in [-0.1, -0.05) is 6.07 Å². The van der Waals surface area contributed by atoms with Crippen LogP contribution in [0.4, 0.5) is 5.69 Å². The average molecular weight is 436 g/mol. The summed E-state index contributed by atoms with van der Waals surface area (Å²) in [6.07, 6.45) is 2.08. The second-order valence-electron chi connectivity index (χ2n) is 5.62. The monoisotopic (exact) mass is 436 g/mol. The SMILES string of the molecule is O=C(COc1cccc(C(=O)NC2CC2)c1)Nc1ccc(I)cc1. The Labute approximate surface area is 153 Å². The zero-order chi connectivity index (χ0) is 16.9. The Morgan fingerprint density at radius 3 is 2.58 bits per heavy atom. The lowest BCUT2D eigenvalue weighted by Crippen LogP contribution is -2.25. The third-order valence-electron chi connectivity index (χ3n) is 3.51. The van der Waals surface area contributed by atoms with Crippen molar-refractivity contribution in [1.29, 1.82) is 0 Å². The van der Waals surface area contributed by atoms with E-state index in [0.29, 0.717) is 17.4 Å². The highest BCUT2D eigenvalue weighted by Crippen LogP contribution is 2.20. The first kappa shape index (κ1) is 16.8. The molecule has 0 unspecified atom stereocenters. The molecule has 1 saturated carbocycles. The first-order valence-corrected chi connectivity index (χ1v) is 8.77. The van der Waals surface area contributed by atoms with Gasteiger partial charge in [-0.15, -0.1) is 0 Å². The van der Waals surface area contributed by atoms with Crippen molar-refractivity contribution in [3.63, 3.8) is 0 Å². The van der Waals surface area contributed by atoms with Crippen LogP contribution in [0.25, 0.3) is 0 Å². The molecule has 1 fully saturated rings. The summed E-state index contributed by atoms with van der Waals surface area (Å²) in [4.78, 5) is 23.9. The summed E-state index contributed by atoms with van der Waals surface area (Å²) in [5, 5.41) is 5.69. The van der Waals surface area contributed by atoms with Gasteiger partial charge in [0.05, 0.1) is 0 Å². The van der Waals surface area contributed by atoms with Gasteiger partial charge >= 0.3 is 0 Å². The van der Waals surface area contributed by atoms with Crippen molar-refractivity contribution in [3.8, 4) is 5.75 Å². The van der Waals surface area contributed by atoms with Gasteiger partial charge in [-0.25, -0.2) is 0 Å². The van der Waals surface area contributed by atoms with Crippen molar-refractivity contribution < 1.29 is 14.3 Å². The first-order chi connectivity index (χ1) is 11.6. The quantitative estimate of drug-likeness (QED) is 0.684. The van der Waals surface area contributed by atoms with Crippen LogP contribution in [0.5, 0.6) is 5.75 Å². The topological polar surface area (TPSA) is 67.4 Å². The molecule has 2 aromatic rings. The van der Waals surface area contributed by atoms with Crippen molar-refractivity contribution in [2.24, 2.45) is 0 Å². The molecule has 0 spiro atoms. The lowest BCUT2D eigenvalue weighted by molar-refractivity contribution is -0.118. The predicted octanol–water partition coefficient (Wildman–Crippen LogP) is 3.20. The van der Waals surface area contributed by atoms with Crippen LogP contribution in [0.15, 0.2) is 48.5 Å². The second-order valence-corrected chi connectivity index (χ2v) is 6.86. The largest absolute Gasteiger partial charge is 0.484 e. The minimum absolute atomic E-state index is 0.105. The maximum Gasteiger partial charge on any atom is 0.262 e. The zero-order valence-electron chi connectivity index (χ0n) is 12.9. The van der Waals surface area contributed by atoms with Gasteiger partial charge in [0.1, 0.15) is 5.75 Å². The molecule has 0 aliphatic heterocycles. The van der Waals surface area contributed by atoms with E-state index in [1.54, 1.807) is 24.3 Å². The summed E-state index contributed by atoms with van der Waals surface area (Å²) in [7, 11) is 0. The molecule has 2 aromatic carbocycles. The van der Waals surface area contributed by atoms with Crippen molar-refractivity contribution in [2.75, 3.05) is 11.9 Å². The molecule has 0 radical (unpaired) electrons. The van der Waals surface area contributed by atoms with Crippen LogP contribution in [-0.2, 0) is 4.79 Å². The summed E-state index contributed by atoms with van der Waals surface area (Å²) < 4.78 is 6.58. The molecule has 2 N–H and O–H groups in total. The van der Waals surface area contributed by atoms with Crippen LogP contribution in [0, 0.1) is 3.57 Å². The van der Waals surface area contributed by atoms with Crippen molar-refractivity contribution in [1.82, 2.24) is 5.32 Å². The van der Waals surface area contributed by atoms with E-state index in [4.69, 9.17) is 4.74 Å². The molecule has 5 nitrogen and oxygen atoms in total. The molecule has 0 aromatic heterocycles. The number of amides is 2. The van der Waals surface area contributed by atoms with E-state index in [1.165, 1.54) is 0 Å². The van der Waals surface area contributed by atoms with Crippen LogP contribution in [-0.4, -0.2) is 24.5 Å². The fourth-order valence-corrected chi connectivity index (χ4v) is 2.46. The van der Waals surface area contributed by atoms with Gasteiger partial charge < -0.3 is 15.4 Å². The van der Waals surface area contributed by atoms with E-state index in [1.807, 2.05) is 24.3 Å². The lowest BCUT2D eigenvalue weighted by atomic mass is 10.2. The number of anilines is 1. The molecule has 0 saturated heterocycles. The van der Waals surface area contributed by atoms with Crippen molar-refractivity contribution >= 4 is 40.1 Å². The molecule has 1 aliphatic carbocycles. The number of hydrogen-bond acceptors (Lipinski definition) is 3. The van der Waals surface area contributed by atoms with Gasteiger partial charge in [-0.3, -0.25) is 9.59 Å². The molecule has 6 heteroatoms. The molecule has 0 atom stereocenters. The van der Waals surface area contributed by atoms with Crippen molar-refractivity contribution in [2.45, 2.75) is 18.9 Å². The summed E-state index contributed by atoms with van der Waals surface area (Å²) in [6, 6.07) is 14.7. The fraction of sp³-hybridized carbons (Fsp3) is 0.222. The number of ether oxygens (including phenoxy) is 1. The predicted molar refractivity (Wildman–Crippen MR) is 100 cm³/mol. The highest BCUT2D eigenvalue weighted by Gasteiger charge is 2.23. The summed E-state index contributed by atoms with van der Waals surface area (Å²) in [5.41, 5.74) is 1.26. The van der Waals surface area contributed by atoms with E-state index in [2.05, 4.69) is 33.2 Å². The summed E-state index contributed by atoms with van der Waals surface area (Å²) >= 11 is 2.20. The number of rotatable bonds is 6. The molecule has 3 rings (SSSR count). The van der Waals surface area contributed by atoms with E-state index >= 15 is 0 Å². The normalized spacial score (nSPS) is 13.2. The van der Waals surface area contributed by atoms with Gasteiger partial charge in [0, 0.05) is 20.9 Å². The van der Waals surface area contributed by atoms with Gasteiger partial charge in [0.2, 0.25) is 0 Å². The molecule has 1 aliphatic rings. The summed E-state index contributed by atoms with van der Waals surface area (Å²) in [5.74, 6) is 0.145. The Hall–Kier alpha value is -2.09. The highest BCUT2D eigenvalue weighted by atomic mass is 127. The number of hydrogen-bond donors (Lipinski definition) is 2. The molecule has 0 heterocycles. The Balaban J connectivity index is 1.52. The number of carbonyl (C=O) groups is 2. The maximum absolute atomic E-state index is 12.0. The van der Waals surface area contributed by atoms with Crippen LogP contribution in [0.2, 0.25) is 0 Å². The van der Waals surface area contributed by atoms with Gasteiger partial charge in [0.25, 0.3) is 11.8 Å². The van der Waals surface area contributed by atoms with Gasteiger partial charge in [-0.2, -0.15) is 0 Å². The lowest BCUT2D eigenvalue weighted by Gasteiger charge is -2.09. The smallest absolute Gasteiger partial charge is 0.262 e. The third-order valence-corrected chi connectivity index (χ3v) is 4.23. The molecule has 2 amide bonds. The molecule has 0 bridgehead atoms. The Kier molecular flexibility index (Phi) is 5.34. The summed E-state index contributed by atoms with van der Waals surface area (Å²) in [6.45, 7) is -0.111. The molecule has 24 heavy (non-hydrogen) atoms. The Morgan fingerprint density at radius 1 is 1.12 bits per heavy atom. The number of benzene rings is 2. The van der Waals surface area contributed by atoms with Crippen LogP contribution >= 0.6 is 22.6 Å². The van der Waals surface area contributed by atoms with E-state index in [9.17, 15) is 9.59 Å².